The van der Waals surface area contributed by atoms with Crippen molar-refractivity contribution < 1.29 is 0 Å². The van der Waals surface area contributed by atoms with Gasteiger partial charge in [0.1, 0.15) is 5.82 Å². The maximum absolute atomic E-state index is 6.19. The maximum Gasteiger partial charge on any atom is 0.108 e. The summed E-state index contributed by atoms with van der Waals surface area (Å²) in [4.78, 5) is 8.63. The molecule has 1 atom stereocenters. The molecule has 0 saturated heterocycles. The number of halogens is 2. The van der Waals surface area contributed by atoms with E-state index in [4.69, 9.17) is 23.2 Å². The summed E-state index contributed by atoms with van der Waals surface area (Å²) < 4.78 is 2.02. The molecule has 2 aromatic heterocycles. The molecule has 2 heterocycles. The van der Waals surface area contributed by atoms with Crippen molar-refractivity contribution in [3.05, 3.63) is 46.2 Å². The van der Waals surface area contributed by atoms with Crippen molar-refractivity contribution >= 4 is 23.2 Å². The summed E-state index contributed by atoms with van der Waals surface area (Å²) in [6.45, 7) is 0. The standard InChI is InChI=1S/C13H16Cl2N4/c1-16-11(3-4-12-17-5-6-19(12)2)13-10(15)7-9(14)8-18-13/h5-8,11,16H,3-4H2,1-2H3. The third-order valence-electron chi connectivity index (χ3n) is 3.09. The lowest BCUT2D eigenvalue weighted by atomic mass is 10.1. The van der Waals surface area contributed by atoms with Gasteiger partial charge in [0.25, 0.3) is 0 Å². The molecule has 0 aromatic carbocycles. The van der Waals surface area contributed by atoms with Crippen LogP contribution in [0.5, 0.6) is 0 Å². The van der Waals surface area contributed by atoms with Gasteiger partial charge in [-0.2, -0.15) is 0 Å². The van der Waals surface area contributed by atoms with Crippen LogP contribution in [0.1, 0.15) is 24.0 Å². The smallest absolute Gasteiger partial charge is 0.108 e. The molecule has 2 aromatic rings. The minimum absolute atomic E-state index is 0.0847. The van der Waals surface area contributed by atoms with Crippen molar-refractivity contribution in [1.82, 2.24) is 19.9 Å². The van der Waals surface area contributed by atoms with E-state index in [1.807, 2.05) is 24.9 Å². The molecule has 0 saturated carbocycles. The summed E-state index contributed by atoms with van der Waals surface area (Å²) in [7, 11) is 3.89. The van der Waals surface area contributed by atoms with Crippen LogP contribution in [-0.4, -0.2) is 21.6 Å². The Morgan fingerprint density at radius 1 is 1.37 bits per heavy atom. The average molecular weight is 299 g/mol. The fourth-order valence-electron chi connectivity index (χ4n) is 2.01. The van der Waals surface area contributed by atoms with Gasteiger partial charge < -0.3 is 9.88 Å². The van der Waals surface area contributed by atoms with Gasteiger partial charge in [-0.25, -0.2) is 4.98 Å². The number of nitrogens with one attached hydrogen (secondary N) is 1. The second-order valence-corrected chi connectivity index (χ2v) is 5.20. The number of rotatable bonds is 5. The van der Waals surface area contributed by atoms with Gasteiger partial charge in [0.2, 0.25) is 0 Å². The van der Waals surface area contributed by atoms with Gasteiger partial charge in [-0.05, 0) is 19.5 Å². The number of nitrogens with zero attached hydrogens (tertiary/aromatic N) is 3. The highest BCUT2D eigenvalue weighted by Gasteiger charge is 2.15. The molecule has 4 nitrogen and oxygen atoms in total. The van der Waals surface area contributed by atoms with Crippen LogP contribution in [0.2, 0.25) is 10.0 Å². The van der Waals surface area contributed by atoms with Gasteiger partial charge >= 0.3 is 0 Å². The van der Waals surface area contributed by atoms with Crippen LogP contribution in [0, 0.1) is 0 Å². The SMILES string of the molecule is CNC(CCc1nccn1C)c1ncc(Cl)cc1Cl. The first-order valence-electron chi connectivity index (χ1n) is 6.06. The van der Waals surface area contributed by atoms with E-state index in [2.05, 4.69) is 15.3 Å². The van der Waals surface area contributed by atoms with E-state index in [-0.39, 0.29) is 6.04 Å². The lowest BCUT2D eigenvalue weighted by molar-refractivity contribution is 0.524. The molecule has 0 aliphatic rings. The largest absolute Gasteiger partial charge is 0.338 e. The van der Waals surface area contributed by atoms with E-state index in [0.717, 1.165) is 24.4 Å². The molecule has 1 unspecified atom stereocenters. The summed E-state index contributed by atoms with van der Waals surface area (Å²) >= 11 is 12.1. The first kappa shape index (κ1) is 14.3. The van der Waals surface area contributed by atoms with Crippen LogP contribution >= 0.6 is 23.2 Å². The minimum atomic E-state index is 0.0847. The first-order valence-corrected chi connectivity index (χ1v) is 6.82. The van der Waals surface area contributed by atoms with Crippen molar-refractivity contribution in [2.45, 2.75) is 18.9 Å². The van der Waals surface area contributed by atoms with E-state index in [9.17, 15) is 0 Å². The third-order valence-corrected chi connectivity index (χ3v) is 3.60. The average Bonchev–Trinajstić information content (AvgIpc) is 2.78. The van der Waals surface area contributed by atoms with E-state index >= 15 is 0 Å². The Balaban J connectivity index is 2.10. The Kier molecular flexibility index (Phi) is 4.80. The van der Waals surface area contributed by atoms with Gasteiger partial charge in [-0.3, -0.25) is 4.98 Å². The predicted molar refractivity (Wildman–Crippen MR) is 77.6 cm³/mol. The molecule has 6 heteroatoms. The fourth-order valence-corrected chi connectivity index (χ4v) is 2.52. The molecule has 102 valence electrons. The van der Waals surface area contributed by atoms with Crippen molar-refractivity contribution in [3.63, 3.8) is 0 Å². The second-order valence-electron chi connectivity index (χ2n) is 4.35. The Hall–Kier alpha value is -1.10. The molecule has 0 fully saturated rings. The molecule has 0 spiro atoms. The number of aromatic nitrogens is 3. The van der Waals surface area contributed by atoms with Crippen molar-refractivity contribution in [1.29, 1.82) is 0 Å². The normalized spacial score (nSPS) is 12.6. The lowest BCUT2D eigenvalue weighted by Gasteiger charge is -2.16. The quantitative estimate of drug-likeness (QED) is 0.923. The monoisotopic (exact) mass is 298 g/mol. The molecule has 19 heavy (non-hydrogen) atoms. The predicted octanol–water partition coefficient (Wildman–Crippen LogP) is 3.02. The van der Waals surface area contributed by atoms with Crippen molar-refractivity contribution in [2.24, 2.45) is 7.05 Å². The zero-order chi connectivity index (χ0) is 13.8. The summed E-state index contributed by atoms with van der Waals surface area (Å²) in [6.07, 6.45) is 7.09. The van der Waals surface area contributed by atoms with Gasteiger partial charge in [0.15, 0.2) is 0 Å². The third kappa shape index (κ3) is 3.47. The second kappa shape index (κ2) is 6.37. The molecule has 1 N–H and O–H groups in total. The summed E-state index contributed by atoms with van der Waals surface area (Å²) in [5.41, 5.74) is 0.822. The highest BCUT2D eigenvalue weighted by molar-refractivity contribution is 6.34. The Bertz CT molecular complexity index is 553. The van der Waals surface area contributed by atoms with Crippen LogP contribution in [0.4, 0.5) is 0 Å². The zero-order valence-electron chi connectivity index (χ0n) is 10.9. The number of imidazole rings is 1. The van der Waals surface area contributed by atoms with E-state index in [1.54, 1.807) is 18.5 Å². The van der Waals surface area contributed by atoms with Gasteiger partial charge in [-0.15, -0.1) is 0 Å². The van der Waals surface area contributed by atoms with E-state index < -0.39 is 0 Å². The molecule has 0 bridgehead atoms. The Morgan fingerprint density at radius 2 is 2.16 bits per heavy atom. The van der Waals surface area contributed by atoms with Crippen molar-refractivity contribution in [3.8, 4) is 0 Å². The number of hydrogen-bond acceptors (Lipinski definition) is 3. The topological polar surface area (TPSA) is 42.7 Å². The molecular formula is C13H16Cl2N4. The van der Waals surface area contributed by atoms with Crippen LogP contribution in [0.3, 0.4) is 0 Å². The van der Waals surface area contributed by atoms with Gasteiger partial charge in [0.05, 0.1) is 21.8 Å². The number of aryl methyl sites for hydroxylation is 2. The lowest BCUT2D eigenvalue weighted by Crippen LogP contribution is -2.19. The molecule has 0 radical (unpaired) electrons. The number of pyridine rings is 1. The molecule has 0 aliphatic heterocycles. The molecular weight excluding hydrogens is 283 g/mol. The van der Waals surface area contributed by atoms with Crippen LogP contribution in [0.15, 0.2) is 24.7 Å². The van der Waals surface area contributed by atoms with Gasteiger partial charge in [-0.1, -0.05) is 23.2 Å². The van der Waals surface area contributed by atoms with E-state index in [1.165, 1.54) is 0 Å². The Morgan fingerprint density at radius 3 is 2.74 bits per heavy atom. The van der Waals surface area contributed by atoms with Crippen LogP contribution < -0.4 is 5.32 Å². The summed E-state index contributed by atoms with van der Waals surface area (Å²) in [6, 6.07) is 1.80. The Labute approximate surface area is 122 Å². The molecule has 0 aliphatic carbocycles. The van der Waals surface area contributed by atoms with Crippen LogP contribution in [-0.2, 0) is 13.5 Å². The van der Waals surface area contributed by atoms with Crippen molar-refractivity contribution in [2.75, 3.05) is 7.05 Å². The maximum atomic E-state index is 6.19. The first-order chi connectivity index (χ1) is 9.11. The summed E-state index contributed by atoms with van der Waals surface area (Å²) in [5.74, 6) is 1.05. The number of hydrogen-bond donors (Lipinski definition) is 1. The van der Waals surface area contributed by atoms with Gasteiger partial charge in [0, 0.05) is 32.1 Å². The fraction of sp³-hybridized carbons (Fsp3) is 0.385. The van der Waals surface area contributed by atoms with Crippen LogP contribution in [0.25, 0.3) is 0 Å². The zero-order valence-corrected chi connectivity index (χ0v) is 12.4. The highest BCUT2D eigenvalue weighted by atomic mass is 35.5. The summed E-state index contributed by atoms with van der Waals surface area (Å²) in [5, 5.41) is 4.37. The molecule has 2 rings (SSSR count). The highest BCUT2D eigenvalue weighted by Crippen LogP contribution is 2.26. The molecule has 0 amide bonds. The van der Waals surface area contributed by atoms with E-state index in [0.29, 0.717) is 10.0 Å². The minimum Gasteiger partial charge on any atom is -0.338 e.